The van der Waals surface area contributed by atoms with Crippen LogP contribution in [-0.2, 0) is 0 Å². The van der Waals surface area contributed by atoms with Crippen molar-refractivity contribution in [2.75, 3.05) is 13.1 Å². The Morgan fingerprint density at radius 3 is 2.80 bits per heavy atom. The Morgan fingerprint density at radius 1 is 1.80 bits per heavy atom. The van der Waals surface area contributed by atoms with E-state index >= 15 is 0 Å². The van der Waals surface area contributed by atoms with E-state index in [4.69, 9.17) is 5.11 Å². The molecule has 0 radical (unpaired) electrons. The van der Waals surface area contributed by atoms with Crippen LogP contribution in [0, 0.1) is 0 Å². The standard InChI is InChI=1S/C6H8BrNO2/c7-3-5-1-2-8(4-5)6(9)10/h3H,1-2,4H2,(H,9,10)/b5-3-. The van der Waals surface area contributed by atoms with Crippen LogP contribution in [-0.4, -0.2) is 29.2 Å². The van der Waals surface area contributed by atoms with Gasteiger partial charge in [0.05, 0.1) is 0 Å². The number of hydrogen-bond donors (Lipinski definition) is 1. The largest absolute Gasteiger partial charge is 0.465 e. The minimum atomic E-state index is -0.829. The number of amides is 1. The molecule has 4 heteroatoms. The molecule has 1 heterocycles. The predicted molar refractivity (Wildman–Crippen MR) is 41.2 cm³/mol. The van der Waals surface area contributed by atoms with Crippen molar-refractivity contribution in [2.45, 2.75) is 6.42 Å². The van der Waals surface area contributed by atoms with E-state index in [1.54, 1.807) is 4.99 Å². The minimum Gasteiger partial charge on any atom is -0.465 e. The van der Waals surface area contributed by atoms with E-state index in [1.165, 1.54) is 4.90 Å². The first-order valence-electron chi connectivity index (χ1n) is 3.00. The maximum atomic E-state index is 10.3. The lowest BCUT2D eigenvalue weighted by molar-refractivity contribution is 0.156. The third-order valence-corrected chi connectivity index (χ3v) is 2.17. The molecule has 1 fully saturated rings. The Morgan fingerprint density at radius 2 is 2.50 bits per heavy atom. The van der Waals surface area contributed by atoms with Gasteiger partial charge in [-0.3, -0.25) is 0 Å². The first-order valence-corrected chi connectivity index (χ1v) is 3.91. The minimum absolute atomic E-state index is 0.556. The summed E-state index contributed by atoms with van der Waals surface area (Å²) >= 11 is 3.17. The molecular formula is C6H8BrNO2. The van der Waals surface area contributed by atoms with Gasteiger partial charge in [0.15, 0.2) is 0 Å². The third-order valence-electron chi connectivity index (χ3n) is 1.52. The second-order valence-corrected chi connectivity index (χ2v) is 2.68. The fourth-order valence-corrected chi connectivity index (χ4v) is 1.31. The van der Waals surface area contributed by atoms with Gasteiger partial charge in [0.25, 0.3) is 0 Å². The smallest absolute Gasteiger partial charge is 0.407 e. The van der Waals surface area contributed by atoms with Crippen molar-refractivity contribution in [3.8, 4) is 0 Å². The van der Waals surface area contributed by atoms with Gasteiger partial charge in [-0.15, -0.1) is 0 Å². The van der Waals surface area contributed by atoms with Crippen LogP contribution in [0.15, 0.2) is 10.6 Å². The zero-order chi connectivity index (χ0) is 7.56. The van der Waals surface area contributed by atoms with E-state index in [1.807, 2.05) is 0 Å². The molecule has 56 valence electrons. The highest BCUT2D eigenvalue weighted by molar-refractivity contribution is 9.11. The quantitative estimate of drug-likeness (QED) is 0.654. The molecule has 10 heavy (non-hydrogen) atoms. The third kappa shape index (κ3) is 1.50. The summed E-state index contributed by atoms with van der Waals surface area (Å²) in [5.41, 5.74) is 1.14. The van der Waals surface area contributed by atoms with E-state index in [-0.39, 0.29) is 0 Å². The van der Waals surface area contributed by atoms with Crippen molar-refractivity contribution in [1.29, 1.82) is 0 Å². The van der Waals surface area contributed by atoms with E-state index < -0.39 is 6.09 Å². The highest BCUT2D eigenvalue weighted by atomic mass is 79.9. The summed E-state index contributed by atoms with van der Waals surface area (Å²) in [4.78, 5) is 13.5. The van der Waals surface area contributed by atoms with Crippen LogP contribution in [0.2, 0.25) is 0 Å². The lowest BCUT2D eigenvalue weighted by Gasteiger charge is -2.07. The number of halogens is 1. The molecule has 0 aromatic rings. The van der Waals surface area contributed by atoms with Gasteiger partial charge in [0.2, 0.25) is 0 Å². The SMILES string of the molecule is O=C(O)N1CC/C(=C/Br)C1. The van der Waals surface area contributed by atoms with Gasteiger partial charge in [-0.25, -0.2) is 4.79 Å². The summed E-state index contributed by atoms with van der Waals surface area (Å²) in [7, 11) is 0. The van der Waals surface area contributed by atoms with E-state index in [9.17, 15) is 4.79 Å². The molecular weight excluding hydrogens is 198 g/mol. The first-order chi connectivity index (χ1) is 4.74. The van der Waals surface area contributed by atoms with Crippen molar-refractivity contribution in [2.24, 2.45) is 0 Å². The van der Waals surface area contributed by atoms with Gasteiger partial charge in [0, 0.05) is 13.1 Å². The molecule has 0 aromatic heterocycles. The van der Waals surface area contributed by atoms with Gasteiger partial charge in [-0.05, 0) is 17.0 Å². The lowest BCUT2D eigenvalue weighted by Crippen LogP contribution is -2.25. The zero-order valence-electron chi connectivity index (χ0n) is 5.38. The van der Waals surface area contributed by atoms with Crippen molar-refractivity contribution in [1.82, 2.24) is 4.90 Å². The second kappa shape index (κ2) is 3.05. The number of nitrogens with zero attached hydrogens (tertiary/aromatic N) is 1. The lowest BCUT2D eigenvalue weighted by atomic mass is 10.3. The van der Waals surface area contributed by atoms with Crippen LogP contribution >= 0.6 is 15.9 Å². The van der Waals surface area contributed by atoms with E-state index in [2.05, 4.69) is 15.9 Å². The molecule has 1 rings (SSSR count). The van der Waals surface area contributed by atoms with E-state index in [0.29, 0.717) is 13.1 Å². The number of rotatable bonds is 0. The molecule has 0 atom stereocenters. The van der Waals surface area contributed by atoms with Crippen molar-refractivity contribution in [3.63, 3.8) is 0 Å². The molecule has 0 saturated carbocycles. The maximum absolute atomic E-state index is 10.3. The Labute approximate surface area is 67.5 Å². The molecule has 0 unspecified atom stereocenters. The fraction of sp³-hybridized carbons (Fsp3) is 0.500. The zero-order valence-corrected chi connectivity index (χ0v) is 6.97. The van der Waals surface area contributed by atoms with Gasteiger partial charge < -0.3 is 10.0 Å². The monoisotopic (exact) mass is 205 g/mol. The Bertz CT molecular complexity index is 179. The average Bonchev–Trinajstić information content (AvgIpc) is 2.34. The summed E-state index contributed by atoms with van der Waals surface area (Å²) in [6.07, 6.45) is 0.0294. The van der Waals surface area contributed by atoms with Crippen LogP contribution in [0.4, 0.5) is 4.79 Å². The molecule has 0 bridgehead atoms. The normalized spacial score (nSPS) is 22.1. The molecule has 0 spiro atoms. The predicted octanol–water partition coefficient (Wildman–Crippen LogP) is 1.65. The maximum Gasteiger partial charge on any atom is 0.407 e. The van der Waals surface area contributed by atoms with Crippen LogP contribution in [0.25, 0.3) is 0 Å². The summed E-state index contributed by atoms with van der Waals surface area (Å²) in [5, 5.41) is 8.51. The molecule has 0 aliphatic carbocycles. The summed E-state index contributed by atoms with van der Waals surface area (Å²) in [6.45, 7) is 1.19. The molecule has 1 aliphatic rings. The Hall–Kier alpha value is -0.510. The van der Waals surface area contributed by atoms with Crippen molar-refractivity contribution >= 4 is 22.0 Å². The Balaban J connectivity index is 2.51. The molecule has 0 aromatic carbocycles. The summed E-state index contributed by atoms with van der Waals surface area (Å²) in [5.74, 6) is 0. The van der Waals surface area contributed by atoms with Crippen molar-refractivity contribution < 1.29 is 9.90 Å². The topological polar surface area (TPSA) is 40.5 Å². The summed E-state index contributed by atoms with van der Waals surface area (Å²) in [6, 6.07) is 0. The van der Waals surface area contributed by atoms with Gasteiger partial charge >= 0.3 is 6.09 Å². The average molecular weight is 206 g/mol. The van der Waals surface area contributed by atoms with Crippen LogP contribution in [0.1, 0.15) is 6.42 Å². The molecule has 1 saturated heterocycles. The van der Waals surface area contributed by atoms with Crippen molar-refractivity contribution in [3.05, 3.63) is 10.6 Å². The number of likely N-dealkylation sites (tertiary alicyclic amines) is 1. The number of carbonyl (C=O) groups is 1. The molecule has 3 nitrogen and oxygen atoms in total. The number of carboxylic acid groups (broad SMARTS) is 1. The second-order valence-electron chi connectivity index (χ2n) is 2.22. The summed E-state index contributed by atoms with van der Waals surface area (Å²) < 4.78 is 0. The van der Waals surface area contributed by atoms with Crippen LogP contribution in [0.3, 0.4) is 0 Å². The number of hydrogen-bond acceptors (Lipinski definition) is 1. The highest BCUT2D eigenvalue weighted by Crippen LogP contribution is 2.15. The molecule has 1 aliphatic heterocycles. The Kier molecular flexibility index (Phi) is 2.32. The van der Waals surface area contributed by atoms with Gasteiger partial charge in [-0.1, -0.05) is 15.9 Å². The highest BCUT2D eigenvalue weighted by Gasteiger charge is 2.19. The van der Waals surface area contributed by atoms with Crippen LogP contribution < -0.4 is 0 Å². The van der Waals surface area contributed by atoms with Gasteiger partial charge in [0.1, 0.15) is 0 Å². The first kappa shape index (κ1) is 7.60. The fourth-order valence-electron chi connectivity index (χ4n) is 0.934. The van der Waals surface area contributed by atoms with Gasteiger partial charge in [-0.2, -0.15) is 0 Å². The molecule has 1 amide bonds. The molecule has 1 N–H and O–H groups in total. The van der Waals surface area contributed by atoms with E-state index in [0.717, 1.165) is 12.0 Å². The van der Waals surface area contributed by atoms with Crippen LogP contribution in [0.5, 0.6) is 0 Å².